The average Bonchev–Trinajstić information content (AvgIpc) is 3.40. The molecule has 0 saturated carbocycles. The number of nitrogens with one attached hydrogen (secondary N) is 2. The van der Waals surface area contributed by atoms with Gasteiger partial charge in [0.25, 0.3) is 0 Å². The lowest BCUT2D eigenvalue weighted by Crippen LogP contribution is -2.37. The first-order valence-corrected chi connectivity index (χ1v) is 11.2. The number of fused-ring (bicyclic) bond motifs is 4. The molecule has 4 aromatic rings. The molecule has 1 aliphatic rings. The van der Waals surface area contributed by atoms with Crippen LogP contribution in [-0.2, 0) is 17.6 Å². The van der Waals surface area contributed by atoms with Crippen LogP contribution in [0.1, 0.15) is 23.3 Å². The molecule has 0 radical (unpaired) electrons. The van der Waals surface area contributed by atoms with Crippen LogP contribution in [0.5, 0.6) is 0 Å². The second-order valence-electron chi connectivity index (χ2n) is 8.12. The number of pyridine rings is 1. The van der Waals surface area contributed by atoms with Gasteiger partial charge in [0, 0.05) is 29.8 Å². The number of anilines is 2. The molecule has 1 amide bonds. The summed E-state index contributed by atoms with van der Waals surface area (Å²) in [5.41, 5.74) is 1.92. The fraction of sp³-hybridized carbons (Fsp3) is 0.381. The molecule has 172 valence electrons. The van der Waals surface area contributed by atoms with E-state index in [1.165, 1.54) is 29.6 Å². The number of amides is 1. The predicted octanol–water partition coefficient (Wildman–Crippen LogP) is 4.22. The van der Waals surface area contributed by atoms with Gasteiger partial charge in [-0.2, -0.15) is 18.3 Å². The predicted molar refractivity (Wildman–Crippen MR) is 118 cm³/mol. The monoisotopic (exact) mass is 475 g/mol. The van der Waals surface area contributed by atoms with Gasteiger partial charge in [0.15, 0.2) is 0 Å². The van der Waals surface area contributed by atoms with E-state index in [-0.39, 0.29) is 18.4 Å². The van der Waals surface area contributed by atoms with Crippen molar-refractivity contribution in [3.8, 4) is 0 Å². The van der Waals surface area contributed by atoms with Gasteiger partial charge in [-0.05, 0) is 30.9 Å². The number of rotatable bonds is 5. The lowest BCUT2D eigenvalue weighted by atomic mass is 9.87. The zero-order valence-electron chi connectivity index (χ0n) is 17.6. The standard InChI is InChI=1S/C21H20F3N7OS/c1-31(5-4-21(22,23)24)20(32)11-2-3-13-15(6-11)33-19-17(13)18(26-10-27-19)29-16-7-12-8-28-30-14(12)9-25-16/h7-11H,2-6H2,1H3,(H,28,30)(H,25,26,27,29). The van der Waals surface area contributed by atoms with Gasteiger partial charge in [-0.15, -0.1) is 11.3 Å². The number of hydrogen-bond acceptors (Lipinski definition) is 7. The van der Waals surface area contributed by atoms with Gasteiger partial charge >= 0.3 is 6.18 Å². The summed E-state index contributed by atoms with van der Waals surface area (Å²) in [6.45, 7) is -0.328. The number of thiophene rings is 1. The molecule has 0 saturated heterocycles. The lowest BCUT2D eigenvalue weighted by molar-refractivity contribution is -0.146. The molecule has 0 aromatic carbocycles. The number of halogens is 3. The SMILES string of the molecule is CN(CCC(F)(F)F)C(=O)C1CCc2c(sc3ncnc(Nc4cc5cn[nH]c5cn4)c23)C1. The van der Waals surface area contributed by atoms with Crippen LogP contribution in [0.2, 0.25) is 0 Å². The summed E-state index contributed by atoms with van der Waals surface area (Å²) in [4.78, 5) is 29.0. The van der Waals surface area contributed by atoms with Crippen LogP contribution in [0.15, 0.2) is 24.8 Å². The summed E-state index contributed by atoms with van der Waals surface area (Å²) in [6, 6.07) is 1.87. The van der Waals surface area contributed by atoms with Crippen LogP contribution in [-0.4, -0.2) is 55.7 Å². The van der Waals surface area contributed by atoms with Gasteiger partial charge in [-0.25, -0.2) is 15.0 Å². The summed E-state index contributed by atoms with van der Waals surface area (Å²) in [6.07, 6.45) is 1.31. The molecule has 0 bridgehead atoms. The minimum Gasteiger partial charge on any atom is -0.345 e. The zero-order chi connectivity index (χ0) is 23.2. The van der Waals surface area contributed by atoms with Crippen molar-refractivity contribution >= 4 is 50.0 Å². The highest BCUT2D eigenvalue weighted by molar-refractivity contribution is 7.19. The van der Waals surface area contributed by atoms with Gasteiger partial charge in [0.2, 0.25) is 5.91 Å². The first-order chi connectivity index (χ1) is 15.8. The van der Waals surface area contributed by atoms with Crippen LogP contribution in [0.4, 0.5) is 24.8 Å². The van der Waals surface area contributed by atoms with Gasteiger partial charge in [-0.3, -0.25) is 9.89 Å². The van der Waals surface area contributed by atoms with Crippen molar-refractivity contribution in [1.82, 2.24) is 30.0 Å². The van der Waals surface area contributed by atoms with Gasteiger partial charge < -0.3 is 10.2 Å². The van der Waals surface area contributed by atoms with Crippen LogP contribution in [0.25, 0.3) is 21.1 Å². The molecule has 0 spiro atoms. The molecule has 0 aliphatic heterocycles. The zero-order valence-corrected chi connectivity index (χ0v) is 18.4. The average molecular weight is 476 g/mol. The van der Waals surface area contributed by atoms with Gasteiger partial charge in [0.1, 0.15) is 22.8 Å². The minimum atomic E-state index is -4.28. The molecule has 1 aliphatic carbocycles. The molecule has 0 fully saturated rings. The molecule has 33 heavy (non-hydrogen) atoms. The maximum Gasteiger partial charge on any atom is 0.390 e. The van der Waals surface area contributed by atoms with Gasteiger partial charge in [0.05, 0.1) is 29.7 Å². The largest absolute Gasteiger partial charge is 0.390 e. The molecular weight excluding hydrogens is 455 g/mol. The second kappa shape index (κ2) is 8.25. The quantitative estimate of drug-likeness (QED) is 0.448. The van der Waals surface area contributed by atoms with E-state index < -0.39 is 12.6 Å². The number of aromatic nitrogens is 5. The molecule has 4 heterocycles. The summed E-state index contributed by atoms with van der Waals surface area (Å²) < 4.78 is 37.6. The topological polar surface area (TPSA) is 99.7 Å². The van der Waals surface area contributed by atoms with Crippen molar-refractivity contribution < 1.29 is 18.0 Å². The number of aromatic amines is 1. The molecule has 8 nitrogen and oxygen atoms in total. The van der Waals surface area contributed by atoms with Crippen LogP contribution < -0.4 is 5.32 Å². The summed E-state index contributed by atoms with van der Waals surface area (Å²) >= 11 is 1.50. The fourth-order valence-electron chi connectivity index (χ4n) is 4.16. The van der Waals surface area contributed by atoms with E-state index >= 15 is 0 Å². The maximum absolute atomic E-state index is 12.7. The van der Waals surface area contributed by atoms with E-state index in [0.717, 1.165) is 31.6 Å². The third kappa shape index (κ3) is 4.34. The van der Waals surface area contributed by atoms with E-state index in [9.17, 15) is 18.0 Å². The smallest absolute Gasteiger partial charge is 0.345 e. The summed E-state index contributed by atoms with van der Waals surface area (Å²) in [5, 5.41) is 12.0. The van der Waals surface area contributed by atoms with Crippen molar-refractivity contribution in [2.24, 2.45) is 5.92 Å². The van der Waals surface area contributed by atoms with E-state index in [2.05, 4.69) is 30.5 Å². The number of aryl methyl sites for hydroxylation is 1. The van der Waals surface area contributed by atoms with Crippen LogP contribution >= 0.6 is 11.3 Å². The van der Waals surface area contributed by atoms with E-state index in [1.807, 2.05) is 6.07 Å². The molecule has 12 heteroatoms. The minimum absolute atomic E-state index is 0.246. The summed E-state index contributed by atoms with van der Waals surface area (Å²) in [7, 11) is 1.44. The molecular formula is C21H20F3N7OS. The van der Waals surface area contributed by atoms with Crippen LogP contribution in [0, 0.1) is 5.92 Å². The Bertz CT molecular complexity index is 1330. The number of hydrogen-bond donors (Lipinski definition) is 2. The number of nitrogens with zero attached hydrogens (tertiary/aromatic N) is 5. The molecule has 1 atom stereocenters. The van der Waals surface area contributed by atoms with Crippen molar-refractivity contribution in [1.29, 1.82) is 0 Å². The Morgan fingerprint density at radius 1 is 1.30 bits per heavy atom. The highest BCUT2D eigenvalue weighted by Gasteiger charge is 2.33. The Hall–Kier alpha value is -3.28. The highest BCUT2D eigenvalue weighted by Crippen LogP contribution is 2.40. The van der Waals surface area contributed by atoms with Crippen LogP contribution in [0.3, 0.4) is 0 Å². The molecule has 1 unspecified atom stereocenters. The van der Waals surface area contributed by atoms with Crippen molar-refractivity contribution in [2.45, 2.75) is 31.9 Å². The normalized spacial score (nSPS) is 16.2. The van der Waals surface area contributed by atoms with Crippen molar-refractivity contribution in [3.63, 3.8) is 0 Å². The van der Waals surface area contributed by atoms with Crippen molar-refractivity contribution in [3.05, 3.63) is 35.2 Å². The Morgan fingerprint density at radius 2 is 2.15 bits per heavy atom. The maximum atomic E-state index is 12.7. The fourth-order valence-corrected chi connectivity index (χ4v) is 5.43. The Kier molecular flexibility index (Phi) is 5.39. The first kappa shape index (κ1) is 21.6. The molecule has 2 N–H and O–H groups in total. The second-order valence-corrected chi connectivity index (χ2v) is 9.21. The third-order valence-electron chi connectivity index (χ3n) is 5.87. The van der Waals surface area contributed by atoms with Crippen molar-refractivity contribution in [2.75, 3.05) is 18.9 Å². The molecule has 4 aromatic heterocycles. The number of carbonyl (C=O) groups excluding carboxylic acids is 1. The van der Waals surface area contributed by atoms with E-state index in [0.29, 0.717) is 30.9 Å². The van der Waals surface area contributed by atoms with Gasteiger partial charge in [-0.1, -0.05) is 0 Å². The number of carbonyl (C=O) groups is 1. The van der Waals surface area contributed by atoms with E-state index in [4.69, 9.17) is 0 Å². The highest BCUT2D eigenvalue weighted by atomic mass is 32.1. The Labute approximate surface area is 190 Å². The van der Waals surface area contributed by atoms with E-state index in [1.54, 1.807) is 12.4 Å². The first-order valence-electron chi connectivity index (χ1n) is 10.4. The Morgan fingerprint density at radius 3 is 2.97 bits per heavy atom. The summed E-state index contributed by atoms with van der Waals surface area (Å²) in [5.74, 6) is 0.682. The number of H-pyrrole nitrogens is 1. The Balaban J connectivity index is 1.37. The number of alkyl halides is 3. The lowest BCUT2D eigenvalue weighted by Gasteiger charge is -2.27. The third-order valence-corrected chi connectivity index (χ3v) is 7.03. The molecule has 5 rings (SSSR count).